The first-order valence-electron chi connectivity index (χ1n) is 5.89. The van der Waals surface area contributed by atoms with Gasteiger partial charge >= 0.3 is 0 Å². The van der Waals surface area contributed by atoms with Crippen molar-refractivity contribution >= 4 is 0 Å². The van der Waals surface area contributed by atoms with Crippen molar-refractivity contribution in [2.75, 3.05) is 13.2 Å². The Kier molecular flexibility index (Phi) is 17.5. The van der Waals surface area contributed by atoms with E-state index in [0.29, 0.717) is 6.61 Å². The summed E-state index contributed by atoms with van der Waals surface area (Å²) in [5, 5.41) is 33.6. The minimum absolute atomic E-state index is 0. The van der Waals surface area contributed by atoms with Gasteiger partial charge in [-0.3, -0.25) is 0 Å². The molecule has 0 aliphatic carbocycles. The average Bonchev–Trinajstić information content (AvgIpc) is 2.48. The zero-order valence-electron chi connectivity index (χ0n) is 12.4. The molecule has 20 heavy (non-hydrogen) atoms. The fourth-order valence-corrected chi connectivity index (χ4v) is 0.862. The van der Waals surface area contributed by atoms with Crippen LogP contribution in [0.1, 0.15) is 27.7 Å². The van der Waals surface area contributed by atoms with Crippen molar-refractivity contribution < 1.29 is 56.4 Å². The summed E-state index contributed by atoms with van der Waals surface area (Å²) < 4.78 is 14.0. The van der Waals surface area contributed by atoms with Crippen LogP contribution in [0.5, 0.6) is 0 Å². The van der Waals surface area contributed by atoms with Gasteiger partial charge in [0.2, 0.25) is 12.6 Å². The van der Waals surface area contributed by atoms with Crippen molar-refractivity contribution in [2.45, 2.75) is 52.2 Å². The second-order valence-corrected chi connectivity index (χ2v) is 4.27. The third kappa shape index (κ3) is 18.0. The van der Waals surface area contributed by atoms with Crippen molar-refractivity contribution in [3.63, 3.8) is 0 Å². The van der Waals surface area contributed by atoms with E-state index in [1.54, 1.807) is 27.7 Å². The molecule has 0 aromatic rings. The second kappa shape index (κ2) is 14.0. The molecule has 1 saturated heterocycles. The summed E-state index contributed by atoms with van der Waals surface area (Å²) in [7, 11) is 0. The van der Waals surface area contributed by atoms with E-state index in [9.17, 15) is 0 Å². The van der Waals surface area contributed by atoms with Crippen molar-refractivity contribution in [1.82, 2.24) is 0 Å². The normalized spacial score (nSPS) is 22.6. The Morgan fingerprint density at radius 3 is 1.70 bits per heavy atom. The van der Waals surface area contributed by atoms with Crippen LogP contribution in [0, 0.1) is 0 Å². The molecule has 1 aliphatic heterocycles. The molecule has 8 heteroatoms. The maximum Gasteiger partial charge on any atom is 0.209 e. The standard InChI is InChI=1S/C5H10O4.C4H8O2.C3H8O.Ti/c1-5(2)8-3(6)4(7)9-5;1-2-6-4-3-5;1-3(2)4;/h3-4,6-7H,1-2H3;2,5H,1,3-4H2;3-4H,1-2H3;/t3-,4-;;;/m1.../s1. The molecule has 4 N–H and O–H groups in total. The third-order valence-electron chi connectivity index (χ3n) is 1.38. The smallest absolute Gasteiger partial charge is 0.209 e. The summed E-state index contributed by atoms with van der Waals surface area (Å²) in [5.74, 6) is -0.862. The Bertz CT molecular complexity index is 209. The number of hydrogen-bond acceptors (Lipinski definition) is 7. The van der Waals surface area contributed by atoms with E-state index in [0.717, 1.165) is 0 Å². The van der Waals surface area contributed by atoms with Gasteiger partial charge in [-0.25, -0.2) is 0 Å². The van der Waals surface area contributed by atoms with Crippen LogP contribution in [0.25, 0.3) is 0 Å². The second-order valence-electron chi connectivity index (χ2n) is 4.27. The van der Waals surface area contributed by atoms with Crippen molar-refractivity contribution in [3.8, 4) is 0 Å². The van der Waals surface area contributed by atoms with Crippen molar-refractivity contribution in [3.05, 3.63) is 12.8 Å². The summed E-state index contributed by atoms with van der Waals surface area (Å²) in [6.07, 6.45) is -1.28. The molecule has 0 unspecified atom stereocenters. The zero-order valence-corrected chi connectivity index (χ0v) is 14.0. The van der Waals surface area contributed by atoms with E-state index in [2.05, 4.69) is 11.3 Å². The molecule has 0 radical (unpaired) electrons. The van der Waals surface area contributed by atoms with Crippen LogP contribution < -0.4 is 0 Å². The summed E-state index contributed by atoms with van der Waals surface area (Å²) in [6, 6.07) is 0. The third-order valence-corrected chi connectivity index (χ3v) is 1.38. The predicted octanol–water partition coefficient (Wildman–Crippen LogP) is -0.0705. The summed E-state index contributed by atoms with van der Waals surface area (Å²) >= 11 is 0. The van der Waals surface area contributed by atoms with Gasteiger partial charge in [-0.15, -0.1) is 0 Å². The molecule has 7 nitrogen and oxygen atoms in total. The van der Waals surface area contributed by atoms with Crippen LogP contribution >= 0.6 is 0 Å². The molecule has 0 spiro atoms. The van der Waals surface area contributed by atoms with Gasteiger partial charge in [0.15, 0.2) is 5.79 Å². The minimum atomic E-state index is -1.21. The fraction of sp³-hybridized carbons (Fsp3) is 0.833. The van der Waals surface area contributed by atoms with Gasteiger partial charge in [-0.2, -0.15) is 0 Å². The van der Waals surface area contributed by atoms with Crippen LogP contribution in [-0.4, -0.2) is 58.1 Å². The molecule has 1 aliphatic rings. The van der Waals surface area contributed by atoms with E-state index in [-0.39, 0.29) is 34.4 Å². The zero-order chi connectivity index (χ0) is 15.5. The monoisotopic (exact) mass is 330 g/mol. The van der Waals surface area contributed by atoms with Gasteiger partial charge in [-0.05, 0) is 27.7 Å². The topological polar surface area (TPSA) is 109 Å². The Morgan fingerprint density at radius 2 is 1.60 bits per heavy atom. The molecule has 1 heterocycles. The van der Waals surface area contributed by atoms with E-state index in [4.69, 9.17) is 29.9 Å². The molecular weight excluding hydrogens is 304 g/mol. The van der Waals surface area contributed by atoms with E-state index < -0.39 is 18.4 Å². The van der Waals surface area contributed by atoms with Gasteiger partial charge in [-0.1, -0.05) is 6.58 Å². The molecule has 0 saturated carbocycles. The maximum absolute atomic E-state index is 8.74. The Labute approximate surface area is 135 Å². The number of rotatable bonds is 3. The Hall–Kier alpha value is 0.0143. The molecule has 2 atom stereocenters. The van der Waals surface area contributed by atoms with E-state index in [1.165, 1.54) is 6.26 Å². The molecule has 0 amide bonds. The van der Waals surface area contributed by atoms with E-state index >= 15 is 0 Å². The van der Waals surface area contributed by atoms with Gasteiger partial charge in [0.1, 0.15) is 6.61 Å². The SMILES string of the molecule is C=COCCO.CC(C)O.CC1(C)O[C@@H](O)[C@H](O)O1.[Ti]. The summed E-state index contributed by atoms with van der Waals surface area (Å²) in [5.41, 5.74) is 0. The number of aliphatic hydroxyl groups excluding tert-OH is 4. The Balaban J connectivity index is -0.000000232. The first-order valence-corrected chi connectivity index (χ1v) is 5.89. The molecule has 1 rings (SSSR count). The van der Waals surface area contributed by atoms with Crippen molar-refractivity contribution in [1.29, 1.82) is 0 Å². The van der Waals surface area contributed by atoms with Gasteiger partial charge in [0.05, 0.1) is 12.9 Å². The fourth-order valence-electron chi connectivity index (χ4n) is 0.862. The predicted molar refractivity (Wildman–Crippen MR) is 68.9 cm³/mol. The number of ether oxygens (including phenoxy) is 3. The molecule has 120 valence electrons. The molecule has 0 aromatic heterocycles. The molecule has 1 fully saturated rings. The maximum atomic E-state index is 8.74. The van der Waals surface area contributed by atoms with Gasteiger partial charge < -0.3 is 34.6 Å². The van der Waals surface area contributed by atoms with Crippen molar-refractivity contribution in [2.24, 2.45) is 0 Å². The molecular formula is C12H26O7Ti. The summed E-state index contributed by atoms with van der Waals surface area (Å²) in [6.45, 7) is 10.4. The molecule has 0 bridgehead atoms. The van der Waals surface area contributed by atoms with Crippen LogP contribution in [0.2, 0.25) is 0 Å². The first kappa shape index (κ1) is 25.0. The number of aliphatic hydroxyl groups is 4. The summed E-state index contributed by atoms with van der Waals surface area (Å²) in [4.78, 5) is 0. The quantitative estimate of drug-likeness (QED) is 0.326. The van der Waals surface area contributed by atoms with Crippen LogP contribution in [0.3, 0.4) is 0 Å². The first-order chi connectivity index (χ1) is 8.66. The van der Waals surface area contributed by atoms with E-state index in [1.807, 2.05) is 0 Å². The average molecular weight is 330 g/mol. The minimum Gasteiger partial charge on any atom is -0.499 e. The van der Waals surface area contributed by atoms with Gasteiger partial charge in [0, 0.05) is 27.8 Å². The number of hydrogen-bond donors (Lipinski definition) is 4. The Morgan fingerprint density at radius 1 is 1.25 bits per heavy atom. The van der Waals surface area contributed by atoms with Gasteiger partial charge in [0.25, 0.3) is 0 Å². The van der Waals surface area contributed by atoms with Crippen LogP contribution in [-0.2, 0) is 35.9 Å². The molecule has 0 aromatic carbocycles. The van der Waals surface area contributed by atoms with Crippen LogP contribution in [0.4, 0.5) is 0 Å². The van der Waals surface area contributed by atoms with Crippen LogP contribution in [0.15, 0.2) is 12.8 Å². The largest absolute Gasteiger partial charge is 0.499 e.